The summed E-state index contributed by atoms with van der Waals surface area (Å²) in [5, 5.41) is 9.08. The van der Waals surface area contributed by atoms with E-state index in [4.69, 9.17) is 16.8 Å². The minimum Gasteiger partial charge on any atom is -0.288 e. The van der Waals surface area contributed by atoms with Crippen LogP contribution in [-0.2, 0) is 23.1 Å². The van der Waals surface area contributed by atoms with E-state index in [-0.39, 0.29) is 34.4 Å². The van der Waals surface area contributed by atoms with E-state index < -0.39 is 15.9 Å². The number of sulfonamides is 1. The van der Waals surface area contributed by atoms with E-state index in [1.54, 1.807) is 24.3 Å². The Morgan fingerprint density at radius 3 is 2.47 bits per heavy atom. The van der Waals surface area contributed by atoms with Crippen LogP contribution in [0.2, 0.25) is 5.02 Å². The second-order valence-corrected chi connectivity index (χ2v) is 9.19. The number of hydrogen-bond donors (Lipinski definition) is 2. The summed E-state index contributed by atoms with van der Waals surface area (Å²) in [7, 11) is -3.85. The van der Waals surface area contributed by atoms with Crippen molar-refractivity contribution in [2.24, 2.45) is 0 Å². The van der Waals surface area contributed by atoms with Gasteiger partial charge in [-0.15, -0.1) is 0 Å². The Balaban J connectivity index is 1.66. The number of benzene rings is 3. The Hall–Kier alpha value is -2.78. The van der Waals surface area contributed by atoms with Crippen molar-refractivity contribution in [2.75, 3.05) is 0 Å². The number of carbonyl (C=O) groups excluding carboxylic acids is 1. The highest BCUT2D eigenvalue weighted by Gasteiger charge is 2.32. The fourth-order valence-corrected chi connectivity index (χ4v) is 5.16. The van der Waals surface area contributed by atoms with Crippen molar-refractivity contribution < 1.29 is 22.8 Å². The molecule has 0 aromatic heterocycles. The molecular formula is C21H16ClFN2O4S. The molecule has 0 atom stereocenters. The zero-order valence-corrected chi connectivity index (χ0v) is 17.0. The van der Waals surface area contributed by atoms with E-state index in [1.165, 1.54) is 46.2 Å². The minimum absolute atomic E-state index is 0.0463. The van der Waals surface area contributed by atoms with E-state index in [0.717, 1.165) is 0 Å². The Labute approximate surface area is 177 Å². The van der Waals surface area contributed by atoms with Gasteiger partial charge in [-0.2, -0.15) is 4.31 Å². The highest BCUT2D eigenvalue weighted by Crippen LogP contribution is 2.35. The Morgan fingerprint density at radius 2 is 1.77 bits per heavy atom. The molecule has 0 saturated carbocycles. The molecule has 0 bridgehead atoms. The van der Waals surface area contributed by atoms with Crippen LogP contribution < -0.4 is 5.48 Å². The molecule has 0 spiro atoms. The maximum atomic E-state index is 13.2. The van der Waals surface area contributed by atoms with E-state index in [2.05, 4.69) is 0 Å². The summed E-state index contributed by atoms with van der Waals surface area (Å²) < 4.78 is 40.9. The number of carbonyl (C=O) groups is 1. The van der Waals surface area contributed by atoms with Crippen molar-refractivity contribution in [2.45, 2.75) is 18.0 Å². The van der Waals surface area contributed by atoms with Crippen LogP contribution in [0.15, 0.2) is 65.6 Å². The van der Waals surface area contributed by atoms with Crippen LogP contribution in [-0.4, -0.2) is 23.8 Å². The van der Waals surface area contributed by atoms with Crippen molar-refractivity contribution in [1.29, 1.82) is 0 Å². The van der Waals surface area contributed by atoms with Gasteiger partial charge in [-0.05, 0) is 58.7 Å². The third-order valence-electron chi connectivity index (χ3n) is 4.98. The summed E-state index contributed by atoms with van der Waals surface area (Å²) >= 11 is 6.24. The second kappa shape index (κ2) is 7.81. The first-order chi connectivity index (χ1) is 14.3. The molecule has 0 radical (unpaired) electrons. The highest BCUT2D eigenvalue weighted by atomic mass is 35.5. The second-order valence-electron chi connectivity index (χ2n) is 6.84. The molecule has 1 amide bonds. The van der Waals surface area contributed by atoms with Crippen LogP contribution >= 0.6 is 11.6 Å². The summed E-state index contributed by atoms with van der Waals surface area (Å²) in [6.07, 6.45) is 0. The molecule has 30 heavy (non-hydrogen) atoms. The number of nitrogens with one attached hydrogen (secondary N) is 1. The van der Waals surface area contributed by atoms with Crippen molar-refractivity contribution >= 4 is 27.5 Å². The first-order valence-electron chi connectivity index (χ1n) is 8.91. The smallest absolute Gasteiger partial charge is 0.274 e. The molecule has 1 aliphatic heterocycles. The monoisotopic (exact) mass is 446 g/mol. The number of fused-ring (bicyclic) bond motifs is 1. The SMILES string of the molecule is O=C(NO)c1cc(Cl)c2c(c1)CN(S(=O)(=O)c1cccc(-c3ccc(F)cc3)c1)C2. The minimum atomic E-state index is -3.85. The van der Waals surface area contributed by atoms with Crippen molar-refractivity contribution in [1.82, 2.24) is 9.79 Å². The molecular weight excluding hydrogens is 431 g/mol. The number of amides is 1. The van der Waals surface area contributed by atoms with Gasteiger partial charge >= 0.3 is 0 Å². The van der Waals surface area contributed by atoms with E-state index in [9.17, 15) is 17.6 Å². The van der Waals surface area contributed by atoms with Crippen molar-refractivity contribution in [3.05, 3.63) is 88.2 Å². The summed E-state index contributed by atoms with van der Waals surface area (Å²) in [6, 6.07) is 15.1. The average Bonchev–Trinajstić information content (AvgIpc) is 3.19. The zero-order valence-electron chi connectivity index (χ0n) is 15.5. The van der Waals surface area contributed by atoms with Gasteiger partial charge in [0.2, 0.25) is 10.0 Å². The fraction of sp³-hybridized carbons (Fsp3) is 0.0952. The number of rotatable bonds is 4. The third-order valence-corrected chi connectivity index (χ3v) is 7.11. The predicted octanol–water partition coefficient (Wildman–Crippen LogP) is 3.97. The molecule has 6 nitrogen and oxygen atoms in total. The summed E-state index contributed by atoms with van der Waals surface area (Å²) in [5.41, 5.74) is 4.23. The lowest BCUT2D eigenvalue weighted by Crippen LogP contribution is -2.25. The molecule has 0 unspecified atom stereocenters. The summed E-state index contributed by atoms with van der Waals surface area (Å²) in [6.45, 7) is 0.114. The van der Waals surface area contributed by atoms with Gasteiger partial charge in [0.15, 0.2) is 0 Å². The standard InChI is InChI=1S/C21H16ClFN2O4S/c22-20-10-15(21(26)24-27)8-16-11-25(12-19(16)20)30(28,29)18-3-1-2-14(9-18)13-4-6-17(23)7-5-13/h1-10,27H,11-12H2,(H,24,26). The van der Waals surface area contributed by atoms with Crippen LogP contribution in [0.25, 0.3) is 11.1 Å². The molecule has 154 valence electrons. The lowest BCUT2D eigenvalue weighted by molar-refractivity contribution is 0.0706. The Bertz CT molecular complexity index is 1250. The molecule has 0 saturated heterocycles. The van der Waals surface area contributed by atoms with Gasteiger partial charge in [-0.25, -0.2) is 18.3 Å². The largest absolute Gasteiger partial charge is 0.288 e. The maximum Gasteiger partial charge on any atom is 0.274 e. The van der Waals surface area contributed by atoms with Gasteiger partial charge in [0, 0.05) is 23.7 Å². The van der Waals surface area contributed by atoms with Crippen LogP contribution in [0.5, 0.6) is 0 Å². The van der Waals surface area contributed by atoms with Crippen LogP contribution in [0.4, 0.5) is 4.39 Å². The molecule has 3 aromatic rings. The van der Waals surface area contributed by atoms with Crippen molar-refractivity contribution in [3.63, 3.8) is 0 Å². The predicted molar refractivity (Wildman–Crippen MR) is 109 cm³/mol. The lowest BCUT2D eigenvalue weighted by Gasteiger charge is -2.16. The maximum absolute atomic E-state index is 13.2. The Kier molecular flexibility index (Phi) is 5.33. The quantitative estimate of drug-likeness (QED) is 0.469. The molecule has 0 aliphatic carbocycles. The Morgan fingerprint density at radius 1 is 1.03 bits per heavy atom. The van der Waals surface area contributed by atoms with Gasteiger partial charge < -0.3 is 0 Å². The first kappa shape index (κ1) is 20.5. The molecule has 3 aromatic carbocycles. The topological polar surface area (TPSA) is 86.7 Å². The van der Waals surface area contributed by atoms with E-state index in [1.807, 2.05) is 0 Å². The van der Waals surface area contributed by atoms with Crippen LogP contribution in [0.3, 0.4) is 0 Å². The molecule has 4 rings (SSSR count). The third kappa shape index (κ3) is 3.70. The molecule has 1 aliphatic rings. The van der Waals surface area contributed by atoms with Gasteiger partial charge in [0.05, 0.1) is 4.90 Å². The molecule has 1 heterocycles. The molecule has 0 fully saturated rings. The van der Waals surface area contributed by atoms with Crippen LogP contribution in [0, 0.1) is 5.82 Å². The molecule has 2 N–H and O–H groups in total. The van der Waals surface area contributed by atoms with Gasteiger partial charge in [0.25, 0.3) is 5.91 Å². The van der Waals surface area contributed by atoms with Crippen LogP contribution in [0.1, 0.15) is 21.5 Å². The summed E-state index contributed by atoms with van der Waals surface area (Å²) in [5.74, 6) is -1.10. The zero-order chi connectivity index (χ0) is 21.5. The number of halogens is 2. The van der Waals surface area contributed by atoms with E-state index in [0.29, 0.717) is 22.3 Å². The number of hydrogen-bond acceptors (Lipinski definition) is 4. The van der Waals surface area contributed by atoms with Gasteiger partial charge in [0.1, 0.15) is 5.82 Å². The fourth-order valence-electron chi connectivity index (χ4n) is 3.43. The summed E-state index contributed by atoms with van der Waals surface area (Å²) in [4.78, 5) is 11.8. The molecule has 9 heteroatoms. The number of nitrogens with zero attached hydrogens (tertiary/aromatic N) is 1. The highest BCUT2D eigenvalue weighted by molar-refractivity contribution is 7.89. The van der Waals surface area contributed by atoms with Crippen molar-refractivity contribution in [3.8, 4) is 11.1 Å². The normalized spacial score (nSPS) is 13.8. The van der Waals surface area contributed by atoms with E-state index >= 15 is 0 Å². The lowest BCUT2D eigenvalue weighted by atomic mass is 10.1. The van der Waals surface area contributed by atoms with Gasteiger partial charge in [-0.3, -0.25) is 10.0 Å². The first-order valence-corrected chi connectivity index (χ1v) is 10.7. The van der Waals surface area contributed by atoms with Gasteiger partial charge in [-0.1, -0.05) is 35.9 Å². The average molecular weight is 447 g/mol. The number of hydroxylamine groups is 1.